The fourth-order valence-corrected chi connectivity index (χ4v) is 3.06. The number of furan rings is 1. The van der Waals surface area contributed by atoms with Gasteiger partial charge < -0.3 is 19.9 Å². The minimum absolute atomic E-state index is 0.108. The molecule has 0 amide bonds. The maximum Gasteiger partial charge on any atom is 0.259 e. The standard InChI is InChI=1S/C17H15N5O3/c18-9-5-10(6-9)24-16-2-1-15-20-8-12(22(15)21-16)14-7-11-13(25-14)3-4-19-17(11)23/h1-4,7-10H,5-6,18H2,(H,19,23). The summed E-state index contributed by atoms with van der Waals surface area (Å²) in [5.41, 5.74) is 7.44. The zero-order valence-electron chi connectivity index (χ0n) is 13.2. The van der Waals surface area contributed by atoms with Crippen molar-refractivity contribution in [2.45, 2.75) is 25.0 Å². The van der Waals surface area contributed by atoms with Crippen molar-refractivity contribution in [1.82, 2.24) is 19.6 Å². The van der Waals surface area contributed by atoms with Crippen molar-refractivity contribution in [2.75, 3.05) is 0 Å². The SMILES string of the molecule is NC1CC(Oc2ccc3ncc(-c4cc5c(=O)[nH]ccc5o4)n3n2)C1. The summed E-state index contributed by atoms with van der Waals surface area (Å²) in [5, 5.41) is 4.99. The summed E-state index contributed by atoms with van der Waals surface area (Å²) in [5.74, 6) is 1.03. The molecule has 1 aliphatic rings. The van der Waals surface area contributed by atoms with E-state index < -0.39 is 0 Å². The van der Waals surface area contributed by atoms with Crippen molar-refractivity contribution in [1.29, 1.82) is 0 Å². The van der Waals surface area contributed by atoms with Crippen molar-refractivity contribution >= 4 is 16.6 Å². The quantitative estimate of drug-likeness (QED) is 0.588. The van der Waals surface area contributed by atoms with Gasteiger partial charge in [0.05, 0.1) is 11.6 Å². The smallest absolute Gasteiger partial charge is 0.259 e. The normalized spacial score (nSPS) is 20.0. The van der Waals surface area contributed by atoms with Gasteiger partial charge in [-0.05, 0) is 31.0 Å². The molecule has 25 heavy (non-hydrogen) atoms. The third kappa shape index (κ3) is 2.30. The van der Waals surface area contributed by atoms with Gasteiger partial charge in [-0.25, -0.2) is 9.50 Å². The second-order valence-corrected chi connectivity index (χ2v) is 6.25. The van der Waals surface area contributed by atoms with Crippen LogP contribution in [0.5, 0.6) is 5.88 Å². The number of ether oxygens (including phenoxy) is 1. The lowest BCUT2D eigenvalue weighted by Crippen LogP contribution is -2.43. The van der Waals surface area contributed by atoms with Crippen LogP contribution in [0.1, 0.15) is 12.8 Å². The number of aromatic amines is 1. The number of H-pyrrole nitrogens is 1. The fraction of sp³-hybridized carbons (Fsp3) is 0.235. The lowest BCUT2D eigenvalue weighted by molar-refractivity contribution is 0.0944. The molecule has 126 valence electrons. The number of rotatable bonds is 3. The summed E-state index contributed by atoms with van der Waals surface area (Å²) >= 11 is 0. The second kappa shape index (κ2) is 5.18. The number of hydrogen-bond donors (Lipinski definition) is 2. The topological polar surface area (TPSA) is 111 Å². The van der Waals surface area contributed by atoms with Crippen molar-refractivity contribution < 1.29 is 9.15 Å². The van der Waals surface area contributed by atoms with E-state index in [0.29, 0.717) is 34.0 Å². The Kier molecular flexibility index (Phi) is 2.95. The molecule has 1 saturated carbocycles. The predicted molar refractivity (Wildman–Crippen MR) is 90.4 cm³/mol. The summed E-state index contributed by atoms with van der Waals surface area (Å²) in [6, 6.07) is 7.24. The number of imidazole rings is 1. The number of nitrogens with two attached hydrogens (primary N) is 1. The number of nitrogens with one attached hydrogen (secondary N) is 1. The molecule has 0 unspecified atom stereocenters. The highest BCUT2D eigenvalue weighted by Gasteiger charge is 2.28. The van der Waals surface area contributed by atoms with Gasteiger partial charge in [0, 0.05) is 18.3 Å². The molecule has 0 atom stereocenters. The second-order valence-electron chi connectivity index (χ2n) is 6.25. The highest BCUT2D eigenvalue weighted by atomic mass is 16.5. The Morgan fingerprint density at radius 3 is 3.00 bits per heavy atom. The van der Waals surface area contributed by atoms with Crippen LogP contribution >= 0.6 is 0 Å². The van der Waals surface area contributed by atoms with Crippen LogP contribution in [0.3, 0.4) is 0 Å². The first-order valence-corrected chi connectivity index (χ1v) is 8.06. The van der Waals surface area contributed by atoms with Gasteiger partial charge in [0.1, 0.15) is 17.4 Å². The first kappa shape index (κ1) is 14.2. The number of fused-ring (bicyclic) bond motifs is 2. The van der Waals surface area contributed by atoms with Crippen LogP contribution in [-0.4, -0.2) is 31.7 Å². The Morgan fingerprint density at radius 1 is 1.32 bits per heavy atom. The van der Waals surface area contributed by atoms with E-state index >= 15 is 0 Å². The molecule has 8 heteroatoms. The monoisotopic (exact) mass is 337 g/mol. The highest BCUT2D eigenvalue weighted by Crippen LogP contribution is 2.28. The van der Waals surface area contributed by atoms with Crippen LogP contribution in [0, 0.1) is 0 Å². The summed E-state index contributed by atoms with van der Waals surface area (Å²) in [6.07, 6.45) is 5.00. The molecule has 4 heterocycles. The lowest BCUT2D eigenvalue weighted by atomic mass is 9.90. The molecule has 1 aliphatic carbocycles. The van der Waals surface area contributed by atoms with E-state index in [1.807, 2.05) is 6.07 Å². The number of pyridine rings is 1. The minimum atomic E-state index is -0.195. The molecule has 0 aromatic carbocycles. The average molecular weight is 337 g/mol. The molecule has 0 spiro atoms. The molecule has 4 aromatic rings. The van der Waals surface area contributed by atoms with Gasteiger partial charge >= 0.3 is 0 Å². The number of hydrogen-bond acceptors (Lipinski definition) is 6. The summed E-state index contributed by atoms with van der Waals surface area (Å²) in [7, 11) is 0. The van der Waals surface area contributed by atoms with Gasteiger partial charge in [0.2, 0.25) is 5.88 Å². The summed E-state index contributed by atoms with van der Waals surface area (Å²) in [6.45, 7) is 0. The average Bonchev–Trinajstić information content (AvgIpc) is 3.17. The van der Waals surface area contributed by atoms with Crippen LogP contribution in [0.25, 0.3) is 28.1 Å². The van der Waals surface area contributed by atoms with Crippen LogP contribution in [0.4, 0.5) is 0 Å². The van der Waals surface area contributed by atoms with E-state index in [2.05, 4.69) is 15.1 Å². The van der Waals surface area contributed by atoms with Crippen LogP contribution in [0.15, 0.2) is 45.9 Å². The fourth-order valence-electron chi connectivity index (χ4n) is 3.06. The van der Waals surface area contributed by atoms with Crippen molar-refractivity contribution in [3.8, 4) is 17.3 Å². The molecule has 0 saturated heterocycles. The zero-order chi connectivity index (χ0) is 17.0. The largest absolute Gasteiger partial charge is 0.473 e. The Bertz CT molecular complexity index is 1140. The van der Waals surface area contributed by atoms with Gasteiger partial charge in [0.25, 0.3) is 5.56 Å². The minimum Gasteiger partial charge on any atom is -0.473 e. The molecule has 1 fully saturated rings. The Balaban J connectivity index is 1.57. The van der Waals surface area contributed by atoms with E-state index in [1.54, 1.807) is 35.1 Å². The van der Waals surface area contributed by atoms with E-state index in [-0.39, 0.29) is 17.7 Å². The van der Waals surface area contributed by atoms with Crippen LogP contribution in [0.2, 0.25) is 0 Å². The van der Waals surface area contributed by atoms with Crippen molar-refractivity contribution in [2.24, 2.45) is 5.73 Å². The maximum atomic E-state index is 11.9. The third-order valence-corrected chi connectivity index (χ3v) is 4.46. The molecule has 0 radical (unpaired) electrons. The summed E-state index contributed by atoms with van der Waals surface area (Å²) < 4.78 is 13.3. The van der Waals surface area contributed by atoms with Gasteiger partial charge in [-0.3, -0.25) is 4.79 Å². The molecule has 4 aromatic heterocycles. The van der Waals surface area contributed by atoms with E-state index in [1.165, 1.54) is 0 Å². The van der Waals surface area contributed by atoms with Gasteiger partial charge in [-0.1, -0.05) is 0 Å². The first-order chi connectivity index (χ1) is 12.2. The number of nitrogens with zero attached hydrogens (tertiary/aromatic N) is 3. The molecule has 5 rings (SSSR count). The Labute approximate surface area is 141 Å². The van der Waals surface area contributed by atoms with Crippen LogP contribution in [-0.2, 0) is 0 Å². The molecule has 0 aliphatic heterocycles. The predicted octanol–water partition coefficient (Wildman–Crippen LogP) is 1.70. The molecular weight excluding hydrogens is 322 g/mol. The zero-order valence-corrected chi connectivity index (χ0v) is 13.2. The van der Waals surface area contributed by atoms with Gasteiger partial charge in [0.15, 0.2) is 11.4 Å². The first-order valence-electron chi connectivity index (χ1n) is 8.06. The van der Waals surface area contributed by atoms with E-state index in [0.717, 1.165) is 12.8 Å². The third-order valence-electron chi connectivity index (χ3n) is 4.46. The number of aromatic nitrogens is 4. The van der Waals surface area contributed by atoms with Gasteiger partial charge in [-0.15, -0.1) is 5.10 Å². The van der Waals surface area contributed by atoms with Gasteiger partial charge in [-0.2, -0.15) is 0 Å². The summed E-state index contributed by atoms with van der Waals surface area (Å²) in [4.78, 5) is 18.8. The van der Waals surface area contributed by atoms with E-state index in [9.17, 15) is 4.79 Å². The van der Waals surface area contributed by atoms with Crippen molar-refractivity contribution in [3.05, 3.63) is 47.0 Å². The molecule has 0 bridgehead atoms. The molecular formula is C17H15N5O3. The lowest BCUT2D eigenvalue weighted by Gasteiger charge is -2.31. The Morgan fingerprint density at radius 2 is 2.20 bits per heavy atom. The van der Waals surface area contributed by atoms with E-state index in [4.69, 9.17) is 14.9 Å². The molecule has 8 nitrogen and oxygen atoms in total. The Hall–Kier alpha value is -3.13. The van der Waals surface area contributed by atoms with Crippen LogP contribution < -0.4 is 16.0 Å². The molecule has 3 N–H and O–H groups in total. The van der Waals surface area contributed by atoms with Crippen molar-refractivity contribution in [3.63, 3.8) is 0 Å². The highest BCUT2D eigenvalue weighted by molar-refractivity contribution is 5.81. The maximum absolute atomic E-state index is 11.9.